The third-order valence-corrected chi connectivity index (χ3v) is 5.11. The van der Waals surface area contributed by atoms with E-state index < -0.39 is 6.04 Å². The lowest BCUT2D eigenvalue weighted by Gasteiger charge is -2.19. The van der Waals surface area contributed by atoms with Gasteiger partial charge in [-0.15, -0.1) is 0 Å². The minimum Gasteiger partial charge on any atom is -0.346 e. The van der Waals surface area contributed by atoms with E-state index in [0.29, 0.717) is 12.8 Å². The van der Waals surface area contributed by atoms with E-state index in [0.717, 1.165) is 44.1 Å². The topological polar surface area (TPSA) is 46.2 Å². The Balaban J connectivity index is 1.91. The van der Waals surface area contributed by atoms with Gasteiger partial charge in [0.15, 0.2) is 0 Å². The minimum absolute atomic E-state index is 0.0204. The predicted octanol–water partition coefficient (Wildman–Crippen LogP) is 5.04. The summed E-state index contributed by atoms with van der Waals surface area (Å²) in [5.74, 6) is -0.135. The molecule has 0 spiro atoms. The van der Waals surface area contributed by atoms with Gasteiger partial charge in [-0.2, -0.15) is 0 Å². The summed E-state index contributed by atoms with van der Waals surface area (Å²) >= 11 is 0. The van der Waals surface area contributed by atoms with Crippen LogP contribution in [0.1, 0.15) is 56.6 Å². The Kier molecular flexibility index (Phi) is 10.1. The molecule has 0 aliphatic heterocycles. The van der Waals surface area contributed by atoms with Crippen LogP contribution in [0, 0.1) is 5.92 Å². The zero-order valence-corrected chi connectivity index (χ0v) is 16.9. The molecular weight excluding hydrogens is 346 g/mol. The summed E-state index contributed by atoms with van der Waals surface area (Å²) in [6.45, 7) is 2.08. The maximum Gasteiger partial charge on any atom is 0.224 e. The lowest BCUT2D eigenvalue weighted by Crippen LogP contribution is -2.40. The molecule has 0 aliphatic carbocycles. The van der Waals surface area contributed by atoms with Gasteiger partial charge in [-0.3, -0.25) is 9.59 Å². The third kappa shape index (κ3) is 8.08. The number of hydrogen-bond donors (Lipinski definition) is 1. The highest BCUT2D eigenvalue weighted by Crippen LogP contribution is 2.18. The lowest BCUT2D eigenvalue weighted by atomic mass is 9.92. The average molecular weight is 379 g/mol. The van der Waals surface area contributed by atoms with Crippen molar-refractivity contribution >= 4 is 12.2 Å². The van der Waals surface area contributed by atoms with Gasteiger partial charge in [-0.05, 0) is 43.2 Å². The van der Waals surface area contributed by atoms with Crippen molar-refractivity contribution in [2.45, 2.75) is 64.3 Å². The molecule has 1 amide bonds. The second kappa shape index (κ2) is 12.9. The van der Waals surface area contributed by atoms with Crippen molar-refractivity contribution in [1.82, 2.24) is 5.32 Å². The molecule has 0 heterocycles. The highest BCUT2D eigenvalue weighted by molar-refractivity contribution is 5.82. The Hall–Kier alpha value is -2.42. The van der Waals surface area contributed by atoms with Crippen molar-refractivity contribution in [2.75, 3.05) is 0 Å². The van der Waals surface area contributed by atoms with Crippen molar-refractivity contribution in [3.8, 4) is 0 Å². The van der Waals surface area contributed by atoms with E-state index in [-0.39, 0.29) is 11.8 Å². The van der Waals surface area contributed by atoms with Crippen LogP contribution in [0.3, 0.4) is 0 Å². The lowest BCUT2D eigenvalue weighted by molar-refractivity contribution is -0.125. The van der Waals surface area contributed by atoms with E-state index in [2.05, 4.69) is 48.6 Å². The first-order chi connectivity index (χ1) is 13.7. The van der Waals surface area contributed by atoms with Crippen LogP contribution in [0.2, 0.25) is 0 Å². The molecular formula is C25H32NO2. The van der Waals surface area contributed by atoms with Crippen LogP contribution in [0.5, 0.6) is 0 Å². The van der Waals surface area contributed by atoms with Crippen molar-refractivity contribution in [3.63, 3.8) is 0 Å². The molecule has 2 aromatic carbocycles. The molecule has 0 aromatic heterocycles. The minimum atomic E-state index is -0.491. The number of unbranched alkanes of at least 4 members (excludes halogenated alkanes) is 2. The molecule has 28 heavy (non-hydrogen) atoms. The molecule has 149 valence electrons. The number of benzene rings is 2. The number of aryl methyl sites for hydroxylation is 1. The van der Waals surface area contributed by atoms with Crippen LogP contribution in [0.4, 0.5) is 0 Å². The standard InChI is InChI=1S/C25H32NO2/c1-2-3-18-24(20-27)26-25(28)23(19-22-15-8-5-9-16-22)17-11-10-14-21-12-6-4-7-13-21/h4-9,12-13,15-16,23-24H,2-3,10-11,14,17-19H2,1H3,(H,26,28)/t23?,24-/m0/s1. The van der Waals surface area contributed by atoms with Crippen LogP contribution in [0.15, 0.2) is 60.7 Å². The molecule has 2 rings (SSSR count). The van der Waals surface area contributed by atoms with Gasteiger partial charge in [-0.25, -0.2) is 0 Å². The van der Waals surface area contributed by atoms with E-state index in [9.17, 15) is 9.59 Å². The summed E-state index contributed by atoms with van der Waals surface area (Å²) in [4.78, 5) is 24.1. The van der Waals surface area contributed by atoms with Crippen LogP contribution >= 0.6 is 0 Å². The van der Waals surface area contributed by atoms with Crippen LogP contribution < -0.4 is 5.32 Å². The molecule has 1 radical (unpaired) electrons. The van der Waals surface area contributed by atoms with Crippen LogP contribution in [-0.2, 0) is 22.4 Å². The number of rotatable bonds is 13. The Morgan fingerprint density at radius 3 is 2.14 bits per heavy atom. The fourth-order valence-corrected chi connectivity index (χ4v) is 3.45. The van der Waals surface area contributed by atoms with Crippen molar-refractivity contribution in [3.05, 3.63) is 71.8 Å². The first kappa shape index (κ1) is 21.9. The van der Waals surface area contributed by atoms with Crippen LogP contribution in [0.25, 0.3) is 0 Å². The SMILES string of the molecule is CCCC[C@@H]([C]=O)NC(=O)C(CCCCc1ccccc1)Cc1ccccc1. The summed E-state index contributed by atoms with van der Waals surface area (Å²) in [6, 6.07) is 20.1. The largest absolute Gasteiger partial charge is 0.346 e. The van der Waals surface area contributed by atoms with E-state index in [1.165, 1.54) is 5.56 Å². The Morgan fingerprint density at radius 1 is 0.893 bits per heavy atom. The maximum atomic E-state index is 12.9. The van der Waals surface area contributed by atoms with Gasteiger partial charge in [0.05, 0.1) is 6.04 Å². The molecule has 0 saturated carbocycles. The number of nitrogens with one attached hydrogen (secondary N) is 1. The second-order valence-electron chi connectivity index (χ2n) is 7.44. The van der Waals surface area contributed by atoms with Gasteiger partial charge < -0.3 is 5.32 Å². The quantitative estimate of drug-likeness (QED) is 0.496. The van der Waals surface area contributed by atoms with E-state index in [4.69, 9.17) is 0 Å². The molecule has 2 atom stereocenters. The fourth-order valence-electron chi connectivity index (χ4n) is 3.45. The predicted molar refractivity (Wildman–Crippen MR) is 115 cm³/mol. The second-order valence-corrected chi connectivity index (χ2v) is 7.44. The van der Waals surface area contributed by atoms with Gasteiger partial charge in [0.2, 0.25) is 12.2 Å². The Bertz CT molecular complexity index is 684. The number of hydrogen-bond acceptors (Lipinski definition) is 2. The zero-order valence-electron chi connectivity index (χ0n) is 16.9. The van der Waals surface area contributed by atoms with Gasteiger partial charge in [-0.1, -0.05) is 86.8 Å². The van der Waals surface area contributed by atoms with Crippen molar-refractivity contribution < 1.29 is 9.59 Å². The molecule has 0 saturated heterocycles. The van der Waals surface area contributed by atoms with Crippen molar-refractivity contribution in [1.29, 1.82) is 0 Å². The molecule has 1 unspecified atom stereocenters. The van der Waals surface area contributed by atoms with Gasteiger partial charge in [0.1, 0.15) is 0 Å². The fraction of sp³-hybridized carbons (Fsp3) is 0.440. The zero-order chi connectivity index (χ0) is 20.0. The van der Waals surface area contributed by atoms with E-state index >= 15 is 0 Å². The molecule has 3 heteroatoms. The highest BCUT2D eigenvalue weighted by atomic mass is 16.2. The summed E-state index contributed by atoms with van der Waals surface area (Å²) in [7, 11) is 0. The number of carbonyl (C=O) groups excluding carboxylic acids is 2. The van der Waals surface area contributed by atoms with E-state index in [1.807, 2.05) is 30.6 Å². The maximum absolute atomic E-state index is 12.9. The Morgan fingerprint density at radius 2 is 1.54 bits per heavy atom. The third-order valence-electron chi connectivity index (χ3n) is 5.11. The summed E-state index contributed by atoms with van der Waals surface area (Å²) < 4.78 is 0. The molecule has 0 aliphatic rings. The van der Waals surface area contributed by atoms with Crippen molar-refractivity contribution in [2.24, 2.45) is 5.92 Å². The monoisotopic (exact) mass is 378 g/mol. The number of carbonyl (C=O) groups is 1. The highest BCUT2D eigenvalue weighted by Gasteiger charge is 2.21. The molecule has 3 nitrogen and oxygen atoms in total. The van der Waals surface area contributed by atoms with Gasteiger partial charge in [0.25, 0.3) is 0 Å². The van der Waals surface area contributed by atoms with Crippen LogP contribution in [-0.4, -0.2) is 18.2 Å². The van der Waals surface area contributed by atoms with E-state index in [1.54, 1.807) is 0 Å². The summed E-state index contributed by atoms with van der Waals surface area (Å²) in [5.41, 5.74) is 2.49. The van der Waals surface area contributed by atoms with Gasteiger partial charge >= 0.3 is 0 Å². The summed E-state index contributed by atoms with van der Waals surface area (Å²) in [6.07, 6.45) is 9.19. The first-order valence-corrected chi connectivity index (χ1v) is 10.5. The average Bonchev–Trinajstić information content (AvgIpc) is 2.74. The molecule has 0 bridgehead atoms. The van der Waals surface area contributed by atoms with Gasteiger partial charge in [0, 0.05) is 5.92 Å². The molecule has 2 aromatic rings. The summed E-state index contributed by atoms with van der Waals surface area (Å²) in [5, 5.41) is 2.92. The smallest absolute Gasteiger partial charge is 0.224 e. The normalized spacial score (nSPS) is 12.9. The molecule has 0 fully saturated rings. The number of amides is 1. The Labute approximate surface area is 169 Å². The first-order valence-electron chi connectivity index (χ1n) is 10.5. The molecule has 1 N–H and O–H groups in total.